The van der Waals surface area contributed by atoms with Gasteiger partial charge in [-0.15, -0.1) is 0 Å². The van der Waals surface area contributed by atoms with Crippen molar-refractivity contribution >= 4 is 0 Å². The summed E-state index contributed by atoms with van der Waals surface area (Å²) >= 11 is 0. The van der Waals surface area contributed by atoms with Crippen LogP contribution in [-0.2, 0) is 0 Å². The third-order valence-corrected chi connectivity index (χ3v) is 4.81. The van der Waals surface area contributed by atoms with Crippen LogP contribution in [-0.4, -0.2) is 61.7 Å². The molecule has 1 fully saturated rings. The lowest BCUT2D eigenvalue weighted by Crippen LogP contribution is -2.58. The molecule has 0 heterocycles. The summed E-state index contributed by atoms with van der Waals surface area (Å²) < 4.78 is 0. The van der Waals surface area contributed by atoms with Crippen molar-refractivity contribution in [2.75, 3.05) is 33.7 Å². The molecule has 3 unspecified atom stereocenters. The Bertz CT molecular complexity index is 275. The van der Waals surface area contributed by atoms with Gasteiger partial charge in [-0.2, -0.15) is 0 Å². The molecule has 0 amide bonds. The smallest absolute Gasteiger partial charge is 0.0257 e. The van der Waals surface area contributed by atoms with Crippen molar-refractivity contribution in [2.24, 2.45) is 5.41 Å². The standard InChI is InChI=1S/C17H37N3/c1-8-18-15-10-11-17(4,5)12-16(15)20(9-2)14(3)13-19(6)7/h14-16,18H,8-13H2,1-7H3. The topological polar surface area (TPSA) is 18.5 Å². The molecule has 0 bridgehead atoms. The Morgan fingerprint density at radius 1 is 1.25 bits per heavy atom. The van der Waals surface area contributed by atoms with E-state index in [0.29, 0.717) is 23.5 Å². The van der Waals surface area contributed by atoms with E-state index in [1.807, 2.05) is 0 Å². The molecule has 0 spiro atoms. The molecule has 0 radical (unpaired) electrons. The first-order valence-corrected chi connectivity index (χ1v) is 8.44. The van der Waals surface area contributed by atoms with Crippen LogP contribution in [0.2, 0.25) is 0 Å². The molecule has 3 atom stereocenters. The van der Waals surface area contributed by atoms with Gasteiger partial charge in [0.05, 0.1) is 0 Å². The van der Waals surface area contributed by atoms with Gasteiger partial charge in [-0.05, 0) is 58.8 Å². The molecule has 3 heteroatoms. The molecule has 0 aromatic carbocycles. The van der Waals surface area contributed by atoms with Crippen LogP contribution in [0.3, 0.4) is 0 Å². The van der Waals surface area contributed by atoms with E-state index in [-0.39, 0.29) is 0 Å². The predicted molar refractivity (Wildman–Crippen MR) is 89.3 cm³/mol. The van der Waals surface area contributed by atoms with Crippen LogP contribution >= 0.6 is 0 Å². The number of nitrogens with one attached hydrogen (secondary N) is 1. The fourth-order valence-corrected chi connectivity index (χ4v) is 3.90. The van der Waals surface area contributed by atoms with Gasteiger partial charge in [0.2, 0.25) is 0 Å². The minimum Gasteiger partial charge on any atom is -0.313 e. The first-order valence-electron chi connectivity index (χ1n) is 8.44. The molecule has 1 aliphatic carbocycles. The molecule has 120 valence electrons. The van der Waals surface area contributed by atoms with Gasteiger partial charge in [0.25, 0.3) is 0 Å². The zero-order chi connectivity index (χ0) is 15.3. The molecule has 0 aromatic heterocycles. The highest BCUT2D eigenvalue weighted by atomic mass is 15.2. The van der Waals surface area contributed by atoms with Crippen molar-refractivity contribution in [3.63, 3.8) is 0 Å². The van der Waals surface area contributed by atoms with E-state index in [9.17, 15) is 0 Å². The maximum Gasteiger partial charge on any atom is 0.0257 e. The summed E-state index contributed by atoms with van der Waals surface area (Å²) in [4.78, 5) is 5.04. The Morgan fingerprint density at radius 3 is 2.40 bits per heavy atom. The number of likely N-dealkylation sites (N-methyl/N-ethyl adjacent to an activating group) is 3. The third-order valence-electron chi connectivity index (χ3n) is 4.81. The molecular formula is C17H37N3. The van der Waals surface area contributed by atoms with Crippen LogP contribution in [0.5, 0.6) is 0 Å². The highest BCUT2D eigenvalue weighted by molar-refractivity contribution is 4.95. The van der Waals surface area contributed by atoms with Crippen molar-refractivity contribution in [3.05, 3.63) is 0 Å². The molecule has 0 aromatic rings. The van der Waals surface area contributed by atoms with E-state index < -0.39 is 0 Å². The third kappa shape index (κ3) is 5.01. The molecule has 0 saturated heterocycles. The molecule has 0 aliphatic heterocycles. The van der Waals surface area contributed by atoms with E-state index in [2.05, 4.69) is 63.8 Å². The van der Waals surface area contributed by atoms with Gasteiger partial charge in [-0.3, -0.25) is 4.90 Å². The van der Waals surface area contributed by atoms with Crippen molar-refractivity contribution in [2.45, 2.75) is 72.0 Å². The number of rotatable bonds is 7. The summed E-state index contributed by atoms with van der Waals surface area (Å²) in [7, 11) is 4.36. The zero-order valence-corrected chi connectivity index (χ0v) is 14.9. The highest BCUT2D eigenvalue weighted by Gasteiger charge is 2.38. The maximum atomic E-state index is 3.74. The normalized spacial score (nSPS) is 28.1. The van der Waals surface area contributed by atoms with Gasteiger partial charge in [0, 0.05) is 24.7 Å². The fourth-order valence-electron chi connectivity index (χ4n) is 3.90. The molecule has 1 saturated carbocycles. The average molecular weight is 284 g/mol. The summed E-state index contributed by atoms with van der Waals surface area (Å²) in [6, 6.07) is 1.96. The lowest BCUT2D eigenvalue weighted by atomic mass is 9.72. The highest BCUT2D eigenvalue weighted by Crippen LogP contribution is 2.38. The summed E-state index contributed by atoms with van der Waals surface area (Å²) in [5, 5.41) is 3.74. The second kappa shape index (κ2) is 7.77. The monoisotopic (exact) mass is 283 g/mol. The predicted octanol–water partition coefficient (Wildman–Crippen LogP) is 2.82. The summed E-state index contributed by atoms with van der Waals surface area (Å²) in [6.45, 7) is 15.2. The zero-order valence-electron chi connectivity index (χ0n) is 14.9. The first-order chi connectivity index (χ1) is 9.30. The SMILES string of the molecule is CCNC1CCC(C)(C)CC1N(CC)C(C)CN(C)C. The Labute approximate surface area is 127 Å². The first kappa shape index (κ1) is 17.9. The van der Waals surface area contributed by atoms with Crippen LogP contribution in [0.15, 0.2) is 0 Å². The van der Waals surface area contributed by atoms with Crippen LogP contribution in [0.1, 0.15) is 53.9 Å². The average Bonchev–Trinajstić information content (AvgIpc) is 2.32. The van der Waals surface area contributed by atoms with Crippen LogP contribution in [0.25, 0.3) is 0 Å². The Balaban J connectivity index is 2.82. The molecular weight excluding hydrogens is 246 g/mol. The molecule has 1 N–H and O–H groups in total. The van der Waals surface area contributed by atoms with Crippen molar-refractivity contribution < 1.29 is 0 Å². The second-order valence-corrected chi connectivity index (χ2v) is 7.58. The van der Waals surface area contributed by atoms with Gasteiger partial charge in [0.15, 0.2) is 0 Å². The van der Waals surface area contributed by atoms with Crippen LogP contribution in [0, 0.1) is 5.41 Å². The maximum absolute atomic E-state index is 3.74. The lowest BCUT2D eigenvalue weighted by molar-refractivity contribution is 0.0372. The van der Waals surface area contributed by atoms with E-state index in [1.165, 1.54) is 19.3 Å². The van der Waals surface area contributed by atoms with E-state index >= 15 is 0 Å². The molecule has 20 heavy (non-hydrogen) atoms. The number of hydrogen-bond acceptors (Lipinski definition) is 3. The van der Waals surface area contributed by atoms with Gasteiger partial charge in [-0.25, -0.2) is 0 Å². The van der Waals surface area contributed by atoms with E-state index in [0.717, 1.165) is 19.6 Å². The quantitative estimate of drug-likeness (QED) is 0.775. The van der Waals surface area contributed by atoms with Crippen molar-refractivity contribution in [1.82, 2.24) is 15.1 Å². The fraction of sp³-hybridized carbons (Fsp3) is 1.00. The largest absolute Gasteiger partial charge is 0.313 e. The summed E-state index contributed by atoms with van der Waals surface area (Å²) in [6.07, 6.45) is 3.98. The van der Waals surface area contributed by atoms with Crippen LogP contribution < -0.4 is 5.32 Å². The van der Waals surface area contributed by atoms with Crippen molar-refractivity contribution in [3.8, 4) is 0 Å². The van der Waals surface area contributed by atoms with E-state index in [1.54, 1.807) is 0 Å². The minimum absolute atomic E-state index is 0.488. The minimum atomic E-state index is 0.488. The summed E-state index contributed by atoms with van der Waals surface area (Å²) in [5.74, 6) is 0. The van der Waals surface area contributed by atoms with Gasteiger partial charge in [-0.1, -0.05) is 27.7 Å². The molecule has 1 rings (SSSR count). The summed E-state index contributed by atoms with van der Waals surface area (Å²) in [5.41, 5.74) is 0.488. The van der Waals surface area contributed by atoms with Gasteiger partial charge < -0.3 is 10.2 Å². The van der Waals surface area contributed by atoms with Crippen molar-refractivity contribution in [1.29, 1.82) is 0 Å². The van der Waals surface area contributed by atoms with Gasteiger partial charge in [0.1, 0.15) is 0 Å². The Morgan fingerprint density at radius 2 is 1.90 bits per heavy atom. The lowest BCUT2D eigenvalue weighted by Gasteiger charge is -2.48. The molecule has 1 aliphatic rings. The second-order valence-electron chi connectivity index (χ2n) is 7.58. The number of nitrogens with zero attached hydrogens (tertiary/aromatic N) is 2. The van der Waals surface area contributed by atoms with Gasteiger partial charge >= 0.3 is 0 Å². The van der Waals surface area contributed by atoms with Crippen LogP contribution in [0.4, 0.5) is 0 Å². The van der Waals surface area contributed by atoms with E-state index in [4.69, 9.17) is 0 Å². The number of hydrogen-bond donors (Lipinski definition) is 1. The molecule has 3 nitrogen and oxygen atoms in total. The Kier molecular flexibility index (Phi) is 6.96. The Hall–Kier alpha value is -0.120.